The molecule has 0 aliphatic carbocycles. The van der Waals surface area contributed by atoms with Gasteiger partial charge in [0.2, 0.25) is 0 Å². The van der Waals surface area contributed by atoms with Gasteiger partial charge in [0.05, 0.1) is 0 Å². The van der Waals surface area contributed by atoms with Gasteiger partial charge in [-0.05, 0) is 36.1 Å². The Morgan fingerprint density at radius 1 is 1.20 bits per heavy atom. The monoisotopic (exact) mass is 343 g/mol. The number of halogens is 1. The van der Waals surface area contributed by atoms with Crippen molar-refractivity contribution in [2.75, 3.05) is 25.1 Å². The first kappa shape index (κ1) is 17.3. The summed E-state index contributed by atoms with van der Waals surface area (Å²) in [5, 5.41) is 22.1. The maximum atomic E-state index is 13.5. The van der Waals surface area contributed by atoms with E-state index in [9.17, 15) is 9.50 Å². The number of anilines is 1. The molecule has 25 heavy (non-hydrogen) atoms. The summed E-state index contributed by atoms with van der Waals surface area (Å²) in [4.78, 5) is 2.03. The highest BCUT2D eigenvalue weighted by Crippen LogP contribution is 2.24. The second-order valence-electron chi connectivity index (χ2n) is 6.99. The Kier molecular flexibility index (Phi) is 4.67. The number of nitrogens with zero attached hydrogens (tertiary/aromatic N) is 5. The number of benzene rings is 1. The van der Waals surface area contributed by atoms with Gasteiger partial charge >= 0.3 is 0 Å². The fourth-order valence-corrected chi connectivity index (χ4v) is 2.90. The van der Waals surface area contributed by atoms with Crippen LogP contribution in [0.2, 0.25) is 0 Å². The molecule has 2 heterocycles. The lowest BCUT2D eigenvalue weighted by Crippen LogP contribution is -2.32. The van der Waals surface area contributed by atoms with Crippen molar-refractivity contribution in [2.45, 2.75) is 20.3 Å². The molecule has 3 rings (SSSR count). The minimum Gasteiger partial charge on any atom is -0.396 e. The minimum absolute atomic E-state index is 0.0429. The Morgan fingerprint density at radius 3 is 2.72 bits per heavy atom. The van der Waals surface area contributed by atoms with Crippen molar-refractivity contribution in [3.05, 3.63) is 42.2 Å². The van der Waals surface area contributed by atoms with Gasteiger partial charge in [0.25, 0.3) is 0 Å². The maximum Gasteiger partial charge on any atom is 0.185 e. The summed E-state index contributed by atoms with van der Waals surface area (Å²) in [5.74, 6) is 0.934. The van der Waals surface area contributed by atoms with Crippen LogP contribution in [0.3, 0.4) is 0 Å². The maximum absolute atomic E-state index is 13.5. The van der Waals surface area contributed by atoms with Gasteiger partial charge in [-0.15, -0.1) is 15.3 Å². The van der Waals surface area contributed by atoms with Gasteiger partial charge in [-0.2, -0.15) is 4.52 Å². The third-order valence-electron chi connectivity index (χ3n) is 4.18. The van der Waals surface area contributed by atoms with Crippen molar-refractivity contribution in [3.63, 3.8) is 0 Å². The van der Waals surface area contributed by atoms with E-state index in [1.807, 2.05) is 24.1 Å². The van der Waals surface area contributed by atoms with Gasteiger partial charge in [-0.1, -0.05) is 26.0 Å². The molecule has 7 heteroatoms. The topological polar surface area (TPSA) is 66.5 Å². The number of fused-ring (bicyclic) bond motifs is 1. The zero-order valence-electron chi connectivity index (χ0n) is 14.6. The molecule has 0 unspecified atom stereocenters. The predicted molar refractivity (Wildman–Crippen MR) is 94.9 cm³/mol. The molecular formula is C18H22FN5O. The van der Waals surface area contributed by atoms with Crippen molar-refractivity contribution in [1.82, 2.24) is 19.8 Å². The molecule has 0 fully saturated rings. The summed E-state index contributed by atoms with van der Waals surface area (Å²) < 4.78 is 15.1. The van der Waals surface area contributed by atoms with E-state index >= 15 is 0 Å². The molecule has 0 amide bonds. The number of aromatic nitrogens is 4. The first-order valence-electron chi connectivity index (χ1n) is 8.20. The second-order valence-corrected chi connectivity index (χ2v) is 6.99. The molecule has 3 aromatic rings. The molecule has 6 nitrogen and oxygen atoms in total. The summed E-state index contributed by atoms with van der Waals surface area (Å²) in [6.07, 6.45) is 0.709. The molecule has 132 valence electrons. The lowest BCUT2D eigenvalue weighted by Gasteiger charge is -2.30. The van der Waals surface area contributed by atoms with E-state index in [0.717, 1.165) is 12.4 Å². The van der Waals surface area contributed by atoms with Crippen molar-refractivity contribution in [2.24, 2.45) is 5.41 Å². The fourth-order valence-electron chi connectivity index (χ4n) is 2.90. The number of rotatable bonds is 6. The number of aliphatic hydroxyl groups excluding tert-OH is 1. The van der Waals surface area contributed by atoms with Crippen LogP contribution in [-0.2, 0) is 0 Å². The largest absolute Gasteiger partial charge is 0.396 e. The van der Waals surface area contributed by atoms with Crippen molar-refractivity contribution in [1.29, 1.82) is 0 Å². The van der Waals surface area contributed by atoms with Crippen molar-refractivity contribution < 1.29 is 9.50 Å². The van der Waals surface area contributed by atoms with Crippen molar-refractivity contribution in [3.8, 4) is 11.4 Å². The van der Waals surface area contributed by atoms with Crippen LogP contribution in [0.5, 0.6) is 0 Å². The molecule has 1 N–H and O–H groups in total. The van der Waals surface area contributed by atoms with E-state index in [-0.39, 0.29) is 17.8 Å². The van der Waals surface area contributed by atoms with Crippen molar-refractivity contribution >= 4 is 11.5 Å². The molecule has 1 aromatic carbocycles. The average molecular weight is 343 g/mol. The van der Waals surface area contributed by atoms with Gasteiger partial charge in [0.15, 0.2) is 11.5 Å². The quantitative estimate of drug-likeness (QED) is 0.745. The predicted octanol–water partition coefficient (Wildman–Crippen LogP) is 2.78. The average Bonchev–Trinajstić information content (AvgIpc) is 2.97. The van der Waals surface area contributed by atoms with Crippen LogP contribution in [-0.4, -0.2) is 45.1 Å². The lowest BCUT2D eigenvalue weighted by atomic mass is 9.89. The molecule has 0 saturated heterocycles. The van der Waals surface area contributed by atoms with E-state index in [2.05, 4.69) is 29.1 Å². The van der Waals surface area contributed by atoms with Gasteiger partial charge < -0.3 is 10.0 Å². The Bertz CT molecular complexity index is 877. The summed E-state index contributed by atoms with van der Waals surface area (Å²) in [7, 11) is 1.96. The van der Waals surface area contributed by atoms with E-state index < -0.39 is 0 Å². The van der Waals surface area contributed by atoms with Crippen LogP contribution in [0.25, 0.3) is 17.0 Å². The lowest BCUT2D eigenvalue weighted by molar-refractivity contribution is 0.215. The van der Waals surface area contributed by atoms with Gasteiger partial charge in [-0.25, -0.2) is 4.39 Å². The van der Waals surface area contributed by atoms with Crippen LogP contribution < -0.4 is 4.90 Å². The standard InChI is InChI=1S/C18H22FN5O/c1-18(2,9-10-25)12-23(3)16-8-7-15-20-21-17(24(15)22-16)13-5-4-6-14(19)11-13/h4-8,11,25H,9-10,12H2,1-3H3. The van der Waals surface area contributed by atoms with Gasteiger partial charge in [0.1, 0.15) is 11.6 Å². The highest BCUT2D eigenvalue weighted by atomic mass is 19.1. The highest BCUT2D eigenvalue weighted by Gasteiger charge is 2.21. The first-order valence-corrected chi connectivity index (χ1v) is 8.20. The zero-order chi connectivity index (χ0) is 18.0. The molecule has 0 bridgehead atoms. The van der Waals surface area contributed by atoms with E-state index in [0.29, 0.717) is 23.5 Å². The Balaban J connectivity index is 1.95. The Morgan fingerprint density at radius 2 is 2.00 bits per heavy atom. The van der Waals surface area contributed by atoms with Crippen LogP contribution in [0.4, 0.5) is 10.2 Å². The summed E-state index contributed by atoms with van der Waals surface area (Å²) in [6.45, 7) is 5.11. The Labute approximate surface area is 145 Å². The van der Waals surface area contributed by atoms with Crippen LogP contribution in [0.15, 0.2) is 36.4 Å². The molecule has 0 aliphatic heterocycles. The molecule has 0 saturated carbocycles. The molecule has 2 aromatic heterocycles. The molecular weight excluding hydrogens is 321 g/mol. The van der Waals surface area contributed by atoms with Crippen LogP contribution in [0.1, 0.15) is 20.3 Å². The number of hydrogen-bond donors (Lipinski definition) is 1. The summed E-state index contributed by atoms with van der Waals surface area (Å²) >= 11 is 0. The summed E-state index contributed by atoms with van der Waals surface area (Å²) in [5.41, 5.74) is 1.19. The molecule has 0 radical (unpaired) electrons. The molecule has 0 atom stereocenters. The molecule has 0 spiro atoms. The van der Waals surface area contributed by atoms with E-state index in [1.165, 1.54) is 12.1 Å². The summed E-state index contributed by atoms with van der Waals surface area (Å²) in [6, 6.07) is 9.95. The van der Waals surface area contributed by atoms with Crippen LogP contribution >= 0.6 is 0 Å². The number of hydrogen-bond acceptors (Lipinski definition) is 5. The second kappa shape index (κ2) is 6.76. The van der Waals surface area contributed by atoms with E-state index in [1.54, 1.807) is 16.6 Å². The first-order chi connectivity index (χ1) is 11.9. The third-order valence-corrected chi connectivity index (χ3v) is 4.18. The number of aliphatic hydroxyl groups is 1. The highest BCUT2D eigenvalue weighted by molar-refractivity contribution is 5.59. The zero-order valence-corrected chi connectivity index (χ0v) is 14.6. The Hall–Kier alpha value is -2.54. The van der Waals surface area contributed by atoms with Gasteiger partial charge in [0, 0.05) is 25.8 Å². The van der Waals surface area contributed by atoms with Gasteiger partial charge in [-0.3, -0.25) is 0 Å². The normalized spacial score (nSPS) is 11.9. The van der Waals surface area contributed by atoms with E-state index in [4.69, 9.17) is 0 Å². The van der Waals surface area contributed by atoms with Crippen LogP contribution in [0, 0.1) is 11.2 Å². The SMILES string of the molecule is CN(CC(C)(C)CCO)c1ccc2nnc(-c3cccc(F)c3)n2n1. The fraction of sp³-hybridized carbons (Fsp3) is 0.389. The molecule has 0 aliphatic rings. The smallest absolute Gasteiger partial charge is 0.185 e. The third kappa shape index (κ3) is 3.76. The minimum atomic E-state index is -0.326.